The Bertz CT molecular complexity index is 1180. The van der Waals surface area contributed by atoms with Gasteiger partial charge in [-0.1, -0.05) is 24.3 Å². The van der Waals surface area contributed by atoms with Gasteiger partial charge in [0, 0.05) is 37.8 Å². The van der Waals surface area contributed by atoms with Crippen LogP contribution in [0.4, 0.5) is 17.6 Å². The van der Waals surface area contributed by atoms with Crippen molar-refractivity contribution in [3.05, 3.63) is 65.7 Å². The van der Waals surface area contributed by atoms with E-state index < -0.39 is 0 Å². The topological polar surface area (TPSA) is 93.6 Å². The van der Waals surface area contributed by atoms with E-state index in [4.69, 9.17) is 28.9 Å². The van der Waals surface area contributed by atoms with Crippen LogP contribution in [0.5, 0.6) is 11.5 Å². The first-order valence-electron chi connectivity index (χ1n) is 13.0. The summed E-state index contributed by atoms with van der Waals surface area (Å²) in [5.41, 5.74) is 5.11. The van der Waals surface area contributed by atoms with Gasteiger partial charge in [0.25, 0.3) is 0 Å². The molecule has 0 aliphatic carbocycles. The molecule has 1 N–H and O–H groups in total. The molecule has 0 amide bonds. The number of ether oxygens (including phenoxy) is 4. The molecule has 1 aromatic heterocycles. The van der Waals surface area contributed by atoms with Crippen molar-refractivity contribution in [1.29, 1.82) is 0 Å². The lowest BCUT2D eigenvalue weighted by atomic mass is 10.2. The maximum Gasteiger partial charge on any atom is 0.229 e. The minimum Gasteiger partial charge on any atom is -0.490 e. The maximum atomic E-state index is 5.98. The highest BCUT2D eigenvalue weighted by Crippen LogP contribution is 2.23. The van der Waals surface area contributed by atoms with E-state index in [1.807, 2.05) is 61.5 Å². The van der Waals surface area contributed by atoms with Crippen molar-refractivity contribution in [2.75, 3.05) is 81.0 Å². The molecular weight excluding hydrogens is 484 g/mol. The third-order valence-corrected chi connectivity index (χ3v) is 6.23. The highest BCUT2D eigenvalue weighted by Gasteiger charge is 2.19. The average Bonchev–Trinajstić information content (AvgIpc) is 2.97. The van der Waals surface area contributed by atoms with E-state index in [2.05, 4.69) is 20.3 Å². The third kappa shape index (κ3) is 7.11. The quantitative estimate of drug-likeness (QED) is 0.246. The van der Waals surface area contributed by atoms with Crippen molar-refractivity contribution in [1.82, 2.24) is 9.97 Å². The zero-order valence-corrected chi connectivity index (χ0v) is 21.7. The molecule has 0 bridgehead atoms. The Morgan fingerprint density at radius 2 is 1.61 bits per heavy atom. The highest BCUT2D eigenvalue weighted by atomic mass is 16.5. The van der Waals surface area contributed by atoms with E-state index in [1.165, 1.54) is 0 Å². The summed E-state index contributed by atoms with van der Waals surface area (Å²) < 4.78 is 22.8. The Labute approximate surface area is 223 Å². The van der Waals surface area contributed by atoms with Gasteiger partial charge in [-0.2, -0.15) is 15.1 Å². The van der Waals surface area contributed by atoms with Crippen LogP contribution in [0.3, 0.4) is 0 Å². The molecule has 2 aromatic carbocycles. The number of benzene rings is 2. The number of anilines is 3. The zero-order chi connectivity index (χ0) is 26.0. The molecule has 0 atom stereocenters. The van der Waals surface area contributed by atoms with Gasteiger partial charge in [0.15, 0.2) is 5.82 Å². The second kappa shape index (κ2) is 13.1. The summed E-state index contributed by atoms with van der Waals surface area (Å²) in [6.45, 7) is 8.71. The van der Waals surface area contributed by atoms with Gasteiger partial charge in [0.05, 0.1) is 32.6 Å². The lowest BCUT2D eigenvalue weighted by Crippen LogP contribution is -2.39. The van der Waals surface area contributed by atoms with Crippen molar-refractivity contribution in [2.45, 2.75) is 6.92 Å². The van der Waals surface area contributed by atoms with Crippen LogP contribution in [0.15, 0.2) is 59.7 Å². The van der Waals surface area contributed by atoms with E-state index in [0.717, 1.165) is 54.6 Å². The number of aryl methyl sites for hydroxylation is 1. The highest BCUT2D eigenvalue weighted by molar-refractivity contribution is 5.84. The largest absolute Gasteiger partial charge is 0.490 e. The Hall–Kier alpha value is -3.89. The zero-order valence-electron chi connectivity index (χ0n) is 21.7. The van der Waals surface area contributed by atoms with Crippen LogP contribution in [0.1, 0.15) is 11.1 Å². The molecule has 10 nitrogen and oxygen atoms in total. The number of nitrogens with one attached hydrogen (secondary N) is 1. The number of hydrazone groups is 1. The Morgan fingerprint density at radius 3 is 2.39 bits per heavy atom. The molecule has 3 aromatic rings. The van der Waals surface area contributed by atoms with Crippen LogP contribution in [-0.2, 0) is 9.47 Å². The van der Waals surface area contributed by atoms with Crippen LogP contribution in [0.2, 0.25) is 0 Å². The molecule has 5 rings (SSSR count). The number of aromatic nitrogens is 2. The lowest BCUT2D eigenvalue weighted by molar-refractivity contribution is 0.121. The summed E-state index contributed by atoms with van der Waals surface area (Å²) in [6, 6.07) is 17.7. The third-order valence-electron chi connectivity index (χ3n) is 6.23. The molecule has 10 heteroatoms. The molecule has 0 spiro atoms. The molecule has 2 aliphatic rings. The van der Waals surface area contributed by atoms with Gasteiger partial charge < -0.3 is 28.7 Å². The van der Waals surface area contributed by atoms with Gasteiger partial charge in [-0.05, 0) is 36.8 Å². The first-order valence-corrected chi connectivity index (χ1v) is 13.0. The predicted molar refractivity (Wildman–Crippen MR) is 148 cm³/mol. The average molecular weight is 519 g/mol. The number of hydrogen-bond acceptors (Lipinski definition) is 10. The van der Waals surface area contributed by atoms with E-state index in [-0.39, 0.29) is 0 Å². The Balaban J connectivity index is 1.23. The van der Waals surface area contributed by atoms with E-state index in [9.17, 15) is 0 Å². The van der Waals surface area contributed by atoms with Crippen LogP contribution >= 0.6 is 0 Å². The minimum atomic E-state index is 0.421. The van der Waals surface area contributed by atoms with Crippen molar-refractivity contribution < 1.29 is 18.9 Å². The fraction of sp³-hybridized carbons (Fsp3) is 0.393. The summed E-state index contributed by atoms with van der Waals surface area (Å²) in [4.78, 5) is 13.9. The summed E-state index contributed by atoms with van der Waals surface area (Å²) in [7, 11) is 0. The first kappa shape index (κ1) is 25.7. The van der Waals surface area contributed by atoms with E-state index in [1.54, 1.807) is 6.21 Å². The van der Waals surface area contributed by atoms with Gasteiger partial charge in [0.2, 0.25) is 5.95 Å². The smallest absolute Gasteiger partial charge is 0.229 e. The molecule has 2 aliphatic heterocycles. The number of hydrogen-bond donors (Lipinski definition) is 1. The minimum absolute atomic E-state index is 0.421. The van der Waals surface area contributed by atoms with Crippen LogP contribution in [0, 0.1) is 6.92 Å². The Kier molecular flexibility index (Phi) is 8.85. The lowest BCUT2D eigenvalue weighted by Gasteiger charge is -2.31. The molecule has 2 saturated heterocycles. The van der Waals surface area contributed by atoms with Crippen LogP contribution < -0.4 is 24.7 Å². The van der Waals surface area contributed by atoms with Crippen LogP contribution in [-0.4, -0.2) is 82.0 Å². The molecule has 200 valence electrons. The fourth-order valence-electron chi connectivity index (χ4n) is 4.24. The van der Waals surface area contributed by atoms with E-state index in [0.29, 0.717) is 51.4 Å². The number of para-hydroxylation sites is 1. The second-order valence-corrected chi connectivity index (χ2v) is 9.03. The molecule has 0 radical (unpaired) electrons. The fourth-order valence-corrected chi connectivity index (χ4v) is 4.24. The SMILES string of the molecule is Cc1cccc(OCCOc2ccccc2C=NNc2cc(N3CCOCC3)nc(N3CCOCC3)n2)c1. The van der Waals surface area contributed by atoms with Gasteiger partial charge >= 0.3 is 0 Å². The van der Waals surface area contributed by atoms with Crippen molar-refractivity contribution in [3.8, 4) is 11.5 Å². The number of nitrogens with zero attached hydrogens (tertiary/aromatic N) is 5. The normalized spacial score (nSPS) is 16.0. The molecule has 0 unspecified atom stereocenters. The molecule has 38 heavy (non-hydrogen) atoms. The van der Waals surface area contributed by atoms with E-state index >= 15 is 0 Å². The summed E-state index contributed by atoms with van der Waals surface area (Å²) in [6.07, 6.45) is 1.74. The van der Waals surface area contributed by atoms with Gasteiger partial charge in [-0.3, -0.25) is 5.43 Å². The van der Waals surface area contributed by atoms with Crippen molar-refractivity contribution >= 4 is 23.8 Å². The predicted octanol–water partition coefficient (Wildman–Crippen LogP) is 3.36. The standard InChI is InChI=1S/C28H34N6O4/c1-22-5-4-7-24(19-22)37-17-18-38-25-8-3-2-6-23(25)21-29-32-26-20-27(33-9-13-35-14-10-33)31-28(30-26)34-11-15-36-16-12-34/h2-8,19-21H,9-18H2,1H3,(H,30,31,32). The number of rotatable bonds is 10. The van der Waals surface area contributed by atoms with Gasteiger partial charge in [-0.15, -0.1) is 0 Å². The summed E-state index contributed by atoms with van der Waals surface area (Å²) in [5.74, 6) is 3.73. The van der Waals surface area contributed by atoms with Crippen molar-refractivity contribution in [3.63, 3.8) is 0 Å². The maximum absolute atomic E-state index is 5.98. The molecular formula is C28H34N6O4. The Morgan fingerprint density at radius 1 is 0.868 bits per heavy atom. The summed E-state index contributed by atoms with van der Waals surface area (Å²) >= 11 is 0. The summed E-state index contributed by atoms with van der Waals surface area (Å²) in [5, 5.41) is 4.47. The molecule has 3 heterocycles. The molecule has 0 saturated carbocycles. The van der Waals surface area contributed by atoms with Crippen molar-refractivity contribution in [2.24, 2.45) is 5.10 Å². The van der Waals surface area contributed by atoms with Crippen LogP contribution in [0.25, 0.3) is 0 Å². The number of morpholine rings is 2. The first-order chi connectivity index (χ1) is 18.7. The second-order valence-electron chi connectivity index (χ2n) is 9.03. The van der Waals surface area contributed by atoms with Gasteiger partial charge in [-0.25, -0.2) is 0 Å². The van der Waals surface area contributed by atoms with Gasteiger partial charge in [0.1, 0.15) is 30.5 Å². The molecule has 2 fully saturated rings. The monoisotopic (exact) mass is 518 g/mol.